The van der Waals surface area contributed by atoms with E-state index in [2.05, 4.69) is 12.1 Å². The number of benzene rings is 2. The van der Waals surface area contributed by atoms with Crippen molar-refractivity contribution in [2.45, 2.75) is 25.7 Å². The van der Waals surface area contributed by atoms with Gasteiger partial charge < -0.3 is 15.4 Å². The van der Waals surface area contributed by atoms with E-state index in [1.54, 1.807) is 0 Å². The summed E-state index contributed by atoms with van der Waals surface area (Å²) in [7, 11) is 0. The minimum Gasteiger partial charge on any atom is -0.492 e. The van der Waals surface area contributed by atoms with Crippen molar-refractivity contribution < 1.29 is 9.53 Å². The molecule has 1 heterocycles. The molecule has 1 aliphatic rings. The molecule has 1 aliphatic heterocycles. The smallest absolute Gasteiger partial charge is 0.257 e. The molecule has 2 aromatic rings. The van der Waals surface area contributed by atoms with Crippen LogP contribution in [-0.4, -0.2) is 37.0 Å². The normalized spacial score (nSPS) is 17.1. The summed E-state index contributed by atoms with van der Waals surface area (Å²) in [5.74, 6) is 1.26. The third-order valence-corrected chi connectivity index (χ3v) is 4.99. The molecule has 1 atom stereocenters. The van der Waals surface area contributed by atoms with Crippen molar-refractivity contribution in [1.29, 1.82) is 0 Å². The summed E-state index contributed by atoms with van der Waals surface area (Å²) >= 11 is 0. The number of piperidine rings is 1. The minimum atomic E-state index is 0.0713. The van der Waals surface area contributed by atoms with E-state index in [1.165, 1.54) is 5.56 Å². The lowest BCUT2D eigenvalue weighted by Gasteiger charge is -2.33. The minimum absolute atomic E-state index is 0.0713. The molecular weight excluding hydrogens is 324 g/mol. The van der Waals surface area contributed by atoms with E-state index in [4.69, 9.17) is 10.5 Å². The molecular formula is C22H28N2O2. The van der Waals surface area contributed by atoms with Crippen LogP contribution in [0.25, 0.3) is 0 Å². The van der Waals surface area contributed by atoms with Crippen molar-refractivity contribution >= 4 is 5.91 Å². The summed E-state index contributed by atoms with van der Waals surface area (Å²) < 4.78 is 5.96. The Labute approximate surface area is 156 Å². The van der Waals surface area contributed by atoms with Crippen LogP contribution in [0.15, 0.2) is 54.6 Å². The molecule has 138 valence electrons. The molecule has 4 heteroatoms. The molecule has 2 aromatic carbocycles. The van der Waals surface area contributed by atoms with Crippen molar-refractivity contribution in [3.8, 4) is 5.75 Å². The van der Waals surface area contributed by atoms with E-state index < -0.39 is 0 Å². The van der Waals surface area contributed by atoms with Gasteiger partial charge in [0, 0.05) is 19.5 Å². The number of nitrogens with zero attached hydrogens (tertiary/aromatic N) is 1. The summed E-state index contributed by atoms with van der Waals surface area (Å²) in [6, 6.07) is 17.8. The zero-order valence-corrected chi connectivity index (χ0v) is 15.3. The Morgan fingerprint density at radius 1 is 1.12 bits per heavy atom. The molecule has 0 aromatic heterocycles. The largest absolute Gasteiger partial charge is 0.492 e. The highest BCUT2D eigenvalue weighted by Gasteiger charge is 2.25. The van der Waals surface area contributed by atoms with E-state index in [0.29, 0.717) is 30.4 Å². The summed E-state index contributed by atoms with van der Waals surface area (Å²) in [5.41, 5.74) is 7.59. The van der Waals surface area contributed by atoms with Crippen LogP contribution in [0.1, 0.15) is 35.2 Å². The predicted molar refractivity (Wildman–Crippen MR) is 104 cm³/mol. The zero-order chi connectivity index (χ0) is 18.2. The van der Waals surface area contributed by atoms with Crippen LogP contribution < -0.4 is 10.5 Å². The van der Waals surface area contributed by atoms with Crippen molar-refractivity contribution in [2.75, 3.05) is 26.2 Å². The maximum atomic E-state index is 13.0. The van der Waals surface area contributed by atoms with E-state index in [-0.39, 0.29) is 5.91 Å². The van der Waals surface area contributed by atoms with E-state index in [0.717, 1.165) is 38.8 Å². The first-order valence-electron chi connectivity index (χ1n) is 9.53. The number of ether oxygens (including phenoxy) is 1. The number of hydrogen-bond donors (Lipinski definition) is 1. The van der Waals surface area contributed by atoms with Gasteiger partial charge >= 0.3 is 0 Å². The fraction of sp³-hybridized carbons (Fsp3) is 0.409. The SMILES string of the molecule is NCC[C@H]1CCCN(C(=O)c2ccccc2OCCc2ccccc2)C1. The third kappa shape index (κ3) is 4.85. The van der Waals surface area contributed by atoms with Gasteiger partial charge in [0.05, 0.1) is 12.2 Å². The fourth-order valence-electron chi connectivity index (χ4n) is 3.58. The van der Waals surface area contributed by atoms with Crippen LogP contribution in [-0.2, 0) is 6.42 Å². The molecule has 0 radical (unpaired) electrons. The van der Waals surface area contributed by atoms with Gasteiger partial charge in [0.15, 0.2) is 0 Å². The van der Waals surface area contributed by atoms with Crippen LogP contribution in [0.3, 0.4) is 0 Å². The molecule has 26 heavy (non-hydrogen) atoms. The Hall–Kier alpha value is -2.33. The first kappa shape index (κ1) is 18.5. The van der Waals surface area contributed by atoms with Gasteiger partial charge in [-0.3, -0.25) is 4.79 Å². The van der Waals surface area contributed by atoms with E-state index in [9.17, 15) is 4.79 Å². The second-order valence-corrected chi connectivity index (χ2v) is 6.92. The maximum Gasteiger partial charge on any atom is 0.257 e. The number of hydrogen-bond acceptors (Lipinski definition) is 3. The Morgan fingerprint density at radius 3 is 2.69 bits per heavy atom. The molecule has 0 unspecified atom stereocenters. The van der Waals surface area contributed by atoms with Crippen molar-refractivity contribution in [1.82, 2.24) is 4.90 Å². The number of rotatable bonds is 7. The number of amides is 1. The Morgan fingerprint density at radius 2 is 1.88 bits per heavy atom. The van der Waals surface area contributed by atoms with Crippen molar-refractivity contribution in [3.05, 3.63) is 65.7 Å². The average Bonchev–Trinajstić information content (AvgIpc) is 2.69. The zero-order valence-electron chi connectivity index (χ0n) is 15.3. The highest BCUT2D eigenvalue weighted by atomic mass is 16.5. The summed E-state index contributed by atoms with van der Waals surface area (Å²) in [6.45, 7) is 2.86. The lowest BCUT2D eigenvalue weighted by atomic mass is 9.94. The lowest BCUT2D eigenvalue weighted by molar-refractivity contribution is 0.0665. The monoisotopic (exact) mass is 352 g/mol. The highest BCUT2D eigenvalue weighted by Crippen LogP contribution is 2.25. The second-order valence-electron chi connectivity index (χ2n) is 6.92. The summed E-state index contributed by atoms with van der Waals surface area (Å²) in [4.78, 5) is 15.0. The Balaban J connectivity index is 1.63. The quantitative estimate of drug-likeness (QED) is 0.830. The fourth-order valence-corrected chi connectivity index (χ4v) is 3.58. The van der Waals surface area contributed by atoms with Crippen LogP contribution in [0.5, 0.6) is 5.75 Å². The first-order valence-corrected chi connectivity index (χ1v) is 9.53. The van der Waals surface area contributed by atoms with Crippen LogP contribution in [0.2, 0.25) is 0 Å². The molecule has 0 saturated carbocycles. The maximum absolute atomic E-state index is 13.0. The second kappa shape index (κ2) is 9.39. The van der Waals surface area contributed by atoms with Gasteiger partial charge in [0.2, 0.25) is 0 Å². The molecule has 2 N–H and O–H groups in total. The number of para-hydroxylation sites is 1. The number of likely N-dealkylation sites (tertiary alicyclic amines) is 1. The molecule has 3 rings (SSSR count). The van der Waals surface area contributed by atoms with Crippen molar-refractivity contribution in [2.24, 2.45) is 11.7 Å². The molecule has 1 saturated heterocycles. The average molecular weight is 352 g/mol. The van der Waals surface area contributed by atoms with E-state index in [1.807, 2.05) is 47.4 Å². The third-order valence-electron chi connectivity index (χ3n) is 4.99. The van der Waals surface area contributed by atoms with Gasteiger partial charge in [-0.2, -0.15) is 0 Å². The van der Waals surface area contributed by atoms with Gasteiger partial charge in [0.1, 0.15) is 5.75 Å². The Kier molecular flexibility index (Phi) is 6.67. The van der Waals surface area contributed by atoms with Gasteiger partial charge in [-0.15, -0.1) is 0 Å². The standard InChI is InChI=1S/C22H28N2O2/c23-14-12-19-9-6-15-24(17-19)22(25)20-10-4-5-11-21(20)26-16-13-18-7-2-1-3-8-18/h1-5,7-8,10-11,19H,6,9,12-17,23H2/t19-/m1/s1. The number of carbonyl (C=O) groups excluding carboxylic acids is 1. The lowest BCUT2D eigenvalue weighted by Crippen LogP contribution is -2.40. The first-order chi connectivity index (χ1) is 12.8. The molecule has 1 fully saturated rings. The summed E-state index contributed by atoms with van der Waals surface area (Å²) in [5, 5.41) is 0. The van der Waals surface area contributed by atoms with Crippen molar-refractivity contribution in [3.63, 3.8) is 0 Å². The van der Waals surface area contributed by atoms with Crippen LogP contribution in [0.4, 0.5) is 0 Å². The molecule has 0 aliphatic carbocycles. The molecule has 4 nitrogen and oxygen atoms in total. The molecule has 0 spiro atoms. The predicted octanol–water partition coefficient (Wildman–Crippen LogP) is 3.51. The van der Waals surface area contributed by atoms with Gasteiger partial charge in [0.25, 0.3) is 5.91 Å². The van der Waals surface area contributed by atoms with Gasteiger partial charge in [-0.1, -0.05) is 42.5 Å². The highest BCUT2D eigenvalue weighted by molar-refractivity contribution is 5.97. The number of carbonyl (C=O) groups is 1. The van der Waals surface area contributed by atoms with Crippen LogP contribution >= 0.6 is 0 Å². The van der Waals surface area contributed by atoms with E-state index >= 15 is 0 Å². The number of nitrogens with two attached hydrogens (primary N) is 1. The van der Waals surface area contributed by atoms with Crippen LogP contribution in [0, 0.1) is 5.92 Å². The topological polar surface area (TPSA) is 55.6 Å². The van der Waals surface area contributed by atoms with Gasteiger partial charge in [-0.05, 0) is 49.4 Å². The molecule has 0 bridgehead atoms. The molecule has 1 amide bonds. The Bertz CT molecular complexity index is 700. The van der Waals surface area contributed by atoms with Gasteiger partial charge in [-0.25, -0.2) is 0 Å². The summed E-state index contributed by atoms with van der Waals surface area (Å²) in [6.07, 6.45) is 4.02.